The molecule has 0 atom stereocenters. The largest absolute Gasteiger partial charge is 0.378 e. The predicted molar refractivity (Wildman–Crippen MR) is 69.2 cm³/mol. The summed E-state index contributed by atoms with van der Waals surface area (Å²) in [5.74, 6) is 0. The van der Waals surface area contributed by atoms with Gasteiger partial charge in [0, 0.05) is 30.6 Å². The van der Waals surface area contributed by atoms with Gasteiger partial charge in [-0.05, 0) is 18.2 Å². The number of hydrogen-bond acceptors (Lipinski definition) is 5. The maximum Gasteiger partial charge on any atom is 0.293 e. The summed E-state index contributed by atoms with van der Waals surface area (Å²) in [6.45, 7) is 1.10. The van der Waals surface area contributed by atoms with Gasteiger partial charge < -0.3 is 5.32 Å². The van der Waals surface area contributed by atoms with E-state index in [0.29, 0.717) is 25.1 Å². The van der Waals surface area contributed by atoms with Crippen molar-refractivity contribution in [3.05, 3.63) is 52.3 Å². The molecule has 0 saturated heterocycles. The van der Waals surface area contributed by atoms with E-state index in [9.17, 15) is 14.9 Å². The minimum atomic E-state index is -0.511. The van der Waals surface area contributed by atoms with Crippen molar-refractivity contribution in [1.29, 1.82) is 0 Å². The Hall–Kier alpha value is -2.70. The van der Waals surface area contributed by atoms with Crippen LogP contribution in [0.2, 0.25) is 0 Å². The van der Waals surface area contributed by atoms with E-state index < -0.39 is 4.92 Å². The van der Waals surface area contributed by atoms with Crippen molar-refractivity contribution in [1.82, 2.24) is 9.78 Å². The second-order valence-corrected chi connectivity index (χ2v) is 3.85. The average Bonchev–Trinajstić information content (AvgIpc) is 2.92. The van der Waals surface area contributed by atoms with Crippen LogP contribution in [-0.2, 0) is 6.54 Å². The smallest absolute Gasteiger partial charge is 0.293 e. The first-order valence-corrected chi connectivity index (χ1v) is 5.65. The zero-order valence-electron chi connectivity index (χ0n) is 10.0. The fraction of sp³-hybridized carbons (Fsp3) is 0.167. The van der Waals surface area contributed by atoms with E-state index in [1.54, 1.807) is 16.9 Å². The van der Waals surface area contributed by atoms with Crippen LogP contribution in [-0.4, -0.2) is 27.5 Å². The van der Waals surface area contributed by atoms with E-state index in [0.717, 1.165) is 0 Å². The Morgan fingerprint density at radius 1 is 1.47 bits per heavy atom. The maximum atomic E-state index is 10.9. The number of nitrogens with one attached hydrogen (secondary N) is 1. The van der Waals surface area contributed by atoms with Crippen molar-refractivity contribution in [3.63, 3.8) is 0 Å². The third-order valence-electron chi connectivity index (χ3n) is 2.57. The first-order valence-electron chi connectivity index (χ1n) is 5.65. The second-order valence-electron chi connectivity index (χ2n) is 3.85. The summed E-state index contributed by atoms with van der Waals surface area (Å²) < 4.78 is 1.72. The first-order chi connectivity index (χ1) is 9.20. The molecule has 0 amide bonds. The van der Waals surface area contributed by atoms with Crippen LogP contribution in [0.25, 0.3) is 0 Å². The number of carbonyl (C=O) groups is 1. The Kier molecular flexibility index (Phi) is 3.87. The highest BCUT2D eigenvalue weighted by atomic mass is 16.6. The van der Waals surface area contributed by atoms with E-state index in [1.807, 2.05) is 6.20 Å². The Balaban J connectivity index is 2.06. The topological polar surface area (TPSA) is 90.1 Å². The van der Waals surface area contributed by atoms with Crippen LogP contribution < -0.4 is 5.32 Å². The summed E-state index contributed by atoms with van der Waals surface area (Å²) in [6.07, 6.45) is 4.06. The number of nitro groups is 1. The van der Waals surface area contributed by atoms with E-state index in [4.69, 9.17) is 0 Å². The van der Waals surface area contributed by atoms with E-state index in [1.165, 1.54) is 18.2 Å². The molecule has 1 heterocycles. The lowest BCUT2D eigenvalue weighted by atomic mass is 10.2. The molecule has 1 N–H and O–H groups in total. The van der Waals surface area contributed by atoms with Gasteiger partial charge in [0.2, 0.25) is 0 Å². The number of carbonyl (C=O) groups excluding carboxylic acids is 1. The SMILES string of the molecule is O=Cc1ccc(NCCn2cccn2)c([N+](=O)[O-])c1. The number of nitro benzene ring substituents is 1. The number of anilines is 1. The normalized spacial score (nSPS) is 10.1. The van der Waals surface area contributed by atoms with Gasteiger partial charge >= 0.3 is 0 Å². The van der Waals surface area contributed by atoms with Gasteiger partial charge in [-0.3, -0.25) is 19.6 Å². The number of aldehydes is 1. The molecule has 7 heteroatoms. The molecule has 0 saturated carbocycles. The van der Waals surface area contributed by atoms with Crippen molar-refractivity contribution < 1.29 is 9.72 Å². The van der Waals surface area contributed by atoms with Crippen LogP contribution >= 0.6 is 0 Å². The predicted octanol–water partition coefficient (Wildman–Crippen LogP) is 1.72. The molecule has 0 bridgehead atoms. The Bertz CT molecular complexity index is 581. The highest BCUT2D eigenvalue weighted by molar-refractivity contribution is 5.79. The fourth-order valence-corrected chi connectivity index (χ4v) is 1.66. The number of rotatable bonds is 6. The van der Waals surface area contributed by atoms with Crippen molar-refractivity contribution in [3.8, 4) is 0 Å². The Morgan fingerprint density at radius 2 is 2.32 bits per heavy atom. The zero-order valence-corrected chi connectivity index (χ0v) is 10.0. The van der Waals surface area contributed by atoms with Gasteiger partial charge in [-0.25, -0.2) is 0 Å². The molecule has 19 heavy (non-hydrogen) atoms. The van der Waals surface area contributed by atoms with Gasteiger partial charge in [-0.15, -0.1) is 0 Å². The first kappa shape index (κ1) is 12.7. The van der Waals surface area contributed by atoms with Crippen LogP contribution in [0, 0.1) is 10.1 Å². The molecular formula is C12H12N4O3. The molecule has 2 aromatic rings. The summed E-state index contributed by atoms with van der Waals surface area (Å²) in [5, 5.41) is 17.9. The quantitative estimate of drug-likeness (QED) is 0.485. The molecule has 0 unspecified atom stereocenters. The van der Waals surface area contributed by atoms with Gasteiger partial charge in [0.1, 0.15) is 12.0 Å². The summed E-state index contributed by atoms with van der Waals surface area (Å²) in [4.78, 5) is 21.0. The zero-order chi connectivity index (χ0) is 13.7. The molecule has 98 valence electrons. The van der Waals surface area contributed by atoms with Crippen LogP contribution in [0.1, 0.15) is 10.4 Å². The summed E-state index contributed by atoms with van der Waals surface area (Å²) in [7, 11) is 0. The minimum Gasteiger partial charge on any atom is -0.378 e. The molecule has 0 aliphatic rings. The van der Waals surface area contributed by atoms with Crippen molar-refractivity contribution in [2.75, 3.05) is 11.9 Å². The monoisotopic (exact) mass is 260 g/mol. The molecule has 1 aromatic heterocycles. The van der Waals surface area contributed by atoms with E-state index in [2.05, 4.69) is 10.4 Å². The highest BCUT2D eigenvalue weighted by Crippen LogP contribution is 2.24. The van der Waals surface area contributed by atoms with Crippen molar-refractivity contribution >= 4 is 17.7 Å². The summed E-state index contributed by atoms with van der Waals surface area (Å²) >= 11 is 0. The summed E-state index contributed by atoms with van der Waals surface area (Å²) in [6, 6.07) is 6.13. The lowest BCUT2D eigenvalue weighted by Gasteiger charge is -2.07. The maximum absolute atomic E-state index is 10.9. The van der Waals surface area contributed by atoms with E-state index in [-0.39, 0.29) is 11.3 Å². The average molecular weight is 260 g/mol. The Labute approximate surface area is 109 Å². The molecule has 0 spiro atoms. The van der Waals surface area contributed by atoms with Crippen LogP contribution in [0.3, 0.4) is 0 Å². The fourth-order valence-electron chi connectivity index (χ4n) is 1.66. The van der Waals surface area contributed by atoms with E-state index >= 15 is 0 Å². The number of hydrogen-bond donors (Lipinski definition) is 1. The van der Waals surface area contributed by atoms with Gasteiger partial charge in [0.15, 0.2) is 0 Å². The molecular weight excluding hydrogens is 248 g/mol. The van der Waals surface area contributed by atoms with Gasteiger partial charge in [0.05, 0.1) is 11.5 Å². The lowest BCUT2D eigenvalue weighted by molar-refractivity contribution is -0.384. The lowest BCUT2D eigenvalue weighted by Crippen LogP contribution is -2.11. The molecule has 0 radical (unpaired) electrons. The standard InChI is InChI=1S/C12H12N4O3/c17-9-10-2-3-11(12(8-10)16(18)19)13-5-7-15-6-1-4-14-15/h1-4,6,8-9,13H,5,7H2. The minimum absolute atomic E-state index is 0.106. The van der Waals surface area contributed by atoms with Gasteiger partial charge in [-0.2, -0.15) is 5.10 Å². The molecule has 2 rings (SSSR count). The molecule has 7 nitrogen and oxygen atoms in total. The molecule has 1 aromatic carbocycles. The number of benzene rings is 1. The number of aromatic nitrogens is 2. The van der Waals surface area contributed by atoms with Gasteiger partial charge in [0.25, 0.3) is 5.69 Å². The van der Waals surface area contributed by atoms with Crippen molar-refractivity contribution in [2.45, 2.75) is 6.54 Å². The van der Waals surface area contributed by atoms with Crippen LogP contribution in [0.4, 0.5) is 11.4 Å². The van der Waals surface area contributed by atoms with Gasteiger partial charge in [-0.1, -0.05) is 0 Å². The molecule has 0 fully saturated rings. The van der Waals surface area contributed by atoms with Crippen LogP contribution in [0.5, 0.6) is 0 Å². The highest BCUT2D eigenvalue weighted by Gasteiger charge is 2.13. The molecule has 0 aliphatic heterocycles. The third kappa shape index (κ3) is 3.15. The number of nitrogens with zero attached hydrogens (tertiary/aromatic N) is 3. The molecule has 0 aliphatic carbocycles. The Morgan fingerprint density at radius 3 is 2.95 bits per heavy atom. The third-order valence-corrected chi connectivity index (χ3v) is 2.57. The van der Waals surface area contributed by atoms with Crippen LogP contribution in [0.15, 0.2) is 36.7 Å². The summed E-state index contributed by atoms with van der Waals surface area (Å²) in [5.41, 5.74) is 0.567. The second kappa shape index (κ2) is 5.76. The van der Waals surface area contributed by atoms with Crippen molar-refractivity contribution in [2.24, 2.45) is 0 Å².